The molecule has 2 aliphatic heterocycles. The molecule has 2 heterocycles. The molecule has 1 fully saturated rings. The number of hydrogen-bond donors (Lipinski definition) is 1. The van der Waals surface area contributed by atoms with E-state index in [9.17, 15) is 24.0 Å². The van der Waals surface area contributed by atoms with Crippen LogP contribution in [0.2, 0.25) is 0 Å². The van der Waals surface area contributed by atoms with Crippen molar-refractivity contribution < 1.29 is 38.2 Å². The number of likely N-dealkylation sites (tertiary alicyclic amines) is 1. The zero-order valence-corrected chi connectivity index (χ0v) is 27.5. The number of hydrogen-bond acceptors (Lipinski definition) is 8. The molecule has 0 unspecified atom stereocenters. The smallest absolute Gasteiger partial charge is 0.412 e. The Morgan fingerprint density at radius 2 is 1.80 bits per heavy atom. The normalized spacial score (nSPS) is 18.3. The van der Waals surface area contributed by atoms with Crippen molar-refractivity contribution in [1.29, 1.82) is 0 Å². The Morgan fingerprint density at radius 3 is 2.41 bits per heavy atom. The number of amides is 4. The minimum absolute atomic E-state index is 0.117. The summed E-state index contributed by atoms with van der Waals surface area (Å²) in [5.41, 5.74) is 0.465. The Bertz CT molecular complexity index is 1260. The molecule has 0 aliphatic carbocycles. The van der Waals surface area contributed by atoms with Gasteiger partial charge < -0.3 is 34.2 Å². The summed E-state index contributed by atoms with van der Waals surface area (Å²) in [7, 11) is 0. The Morgan fingerprint density at radius 1 is 1.11 bits per heavy atom. The van der Waals surface area contributed by atoms with E-state index in [-0.39, 0.29) is 55.4 Å². The average Bonchev–Trinajstić information content (AvgIpc) is 2.94. The monoisotopic (exact) mass is 616 g/mol. The summed E-state index contributed by atoms with van der Waals surface area (Å²) in [6.45, 7) is 16.9. The molecule has 0 radical (unpaired) electrons. The second-order valence-electron chi connectivity index (χ2n) is 12.5. The predicted molar refractivity (Wildman–Crippen MR) is 164 cm³/mol. The molecule has 1 aromatic rings. The van der Waals surface area contributed by atoms with Gasteiger partial charge in [0.25, 0.3) is 11.8 Å². The van der Waals surface area contributed by atoms with E-state index in [0.717, 1.165) is 0 Å². The summed E-state index contributed by atoms with van der Waals surface area (Å²) >= 11 is 0. The Balaban J connectivity index is 1.85. The number of carbonyl (C=O) groups excluding carboxylic acids is 5. The van der Waals surface area contributed by atoms with Gasteiger partial charge in [-0.05, 0) is 65.2 Å². The quantitative estimate of drug-likeness (QED) is 0.308. The highest BCUT2D eigenvalue weighted by Gasteiger charge is 2.42. The van der Waals surface area contributed by atoms with Gasteiger partial charge in [-0.3, -0.25) is 19.2 Å². The second kappa shape index (κ2) is 14.3. The fourth-order valence-electron chi connectivity index (χ4n) is 5.45. The van der Waals surface area contributed by atoms with Crippen molar-refractivity contribution in [1.82, 2.24) is 15.1 Å². The summed E-state index contributed by atoms with van der Waals surface area (Å²) in [5, 5.41) is 2.81. The average molecular weight is 617 g/mol. The van der Waals surface area contributed by atoms with Gasteiger partial charge in [-0.2, -0.15) is 0 Å². The van der Waals surface area contributed by atoms with Crippen molar-refractivity contribution in [3.63, 3.8) is 0 Å². The Labute approximate surface area is 260 Å². The highest BCUT2D eigenvalue weighted by atomic mass is 16.7. The lowest BCUT2D eigenvalue weighted by molar-refractivity contribution is -0.170. The van der Waals surface area contributed by atoms with E-state index in [4.69, 9.17) is 14.2 Å². The summed E-state index contributed by atoms with van der Waals surface area (Å²) in [4.78, 5) is 69.2. The van der Waals surface area contributed by atoms with Crippen molar-refractivity contribution in [3.05, 3.63) is 23.3 Å². The van der Waals surface area contributed by atoms with E-state index in [1.165, 1.54) is 11.8 Å². The van der Waals surface area contributed by atoms with E-state index in [2.05, 4.69) is 5.32 Å². The molecule has 12 heteroatoms. The maximum Gasteiger partial charge on any atom is 0.412 e. The maximum atomic E-state index is 14.2. The molecule has 1 saturated heterocycles. The van der Waals surface area contributed by atoms with Crippen LogP contribution in [-0.2, 0) is 23.9 Å². The van der Waals surface area contributed by atoms with Crippen molar-refractivity contribution in [2.75, 3.05) is 31.1 Å². The van der Waals surface area contributed by atoms with Gasteiger partial charge in [-0.15, -0.1) is 0 Å². The Hall–Kier alpha value is -3.83. The SMILES string of the molecule is CCC(=O)NCCN1C(=O)C(C)(C)Oc2cc(C)c(C(=O)N(C(C)C)[C@@H]3CCCN(C(=O)O[C@H](C)OC(=O)C(C)C)C3)cc21. The summed E-state index contributed by atoms with van der Waals surface area (Å²) in [6, 6.07) is 2.99. The van der Waals surface area contributed by atoms with Gasteiger partial charge >= 0.3 is 12.1 Å². The molecular weight excluding hydrogens is 568 g/mol. The third kappa shape index (κ3) is 8.00. The molecule has 2 atom stereocenters. The second-order valence-corrected chi connectivity index (χ2v) is 12.5. The standard InChI is InChI=1S/C32H48N4O8/c1-10-27(37)33-13-15-35-25-17-24(21(6)16-26(25)44-32(8,9)30(35)40)28(38)36(20(4)5)23-12-11-14-34(18-23)31(41)43-22(7)42-29(39)19(2)3/h16-17,19-20,22-23H,10-15,18H2,1-9H3,(H,33,37)/t22-,23-/m1/s1. The fraction of sp³-hybridized carbons (Fsp3) is 0.656. The molecule has 0 saturated carbocycles. The van der Waals surface area contributed by atoms with Gasteiger partial charge in [0, 0.05) is 51.1 Å². The number of carbonyl (C=O) groups is 5. The number of piperidine rings is 1. The van der Waals surface area contributed by atoms with Crippen LogP contribution in [-0.4, -0.2) is 89.7 Å². The van der Waals surface area contributed by atoms with Crippen molar-refractivity contribution in [2.45, 2.75) is 106 Å². The number of aryl methyl sites for hydroxylation is 1. The van der Waals surface area contributed by atoms with Crippen LogP contribution in [0.5, 0.6) is 5.75 Å². The van der Waals surface area contributed by atoms with Crippen LogP contribution in [0.1, 0.15) is 90.6 Å². The molecule has 3 rings (SSSR count). The molecule has 4 amide bonds. The molecule has 44 heavy (non-hydrogen) atoms. The maximum absolute atomic E-state index is 14.2. The number of benzene rings is 1. The first-order valence-corrected chi connectivity index (χ1v) is 15.5. The Kier molecular flexibility index (Phi) is 11.3. The minimum atomic E-state index is -1.12. The van der Waals surface area contributed by atoms with Crippen LogP contribution in [0.4, 0.5) is 10.5 Å². The third-order valence-corrected chi connectivity index (χ3v) is 7.79. The molecule has 1 aromatic carbocycles. The minimum Gasteiger partial charge on any atom is -0.476 e. The summed E-state index contributed by atoms with van der Waals surface area (Å²) in [5.74, 6) is -0.934. The third-order valence-electron chi connectivity index (χ3n) is 7.79. The van der Waals surface area contributed by atoms with Crippen LogP contribution in [0, 0.1) is 12.8 Å². The van der Waals surface area contributed by atoms with E-state index in [1.807, 2.05) is 20.8 Å². The lowest BCUT2D eigenvalue weighted by Crippen LogP contribution is -2.55. The largest absolute Gasteiger partial charge is 0.476 e. The van der Waals surface area contributed by atoms with Crippen LogP contribution < -0.4 is 15.0 Å². The number of fused-ring (bicyclic) bond motifs is 1. The van der Waals surface area contributed by atoms with Crippen LogP contribution >= 0.6 is 0 Å². The number of anilines is 1. The van der Waals surface area contributed by atoms with Gasteiger partial charge in [0.05, 0.1) is 17.6 Å². The first-order valence-electron chi connectivity index (χ1n) is 15.5. The van der Waals surface area contributed by atoms with Crippen molar-refractivity contribution in [3.8, 4) is 5.75 Å². The molecule has 1 N–H and O–H groups in total. The highest BCUT2D eigenvalue weighted by molar-refractivity contribution is 6.05. The van der Waals surface area contributed by atoms with Gasteiger partial charge in [0.2, 0.25) is 12.2 Å². The molecule has 0 bridgehead atoms. The topological polar surface area (TPSA) is 135 Å². The number of esters is 1. The first-order chi connectivity index (χ1) is 20.6. The zero-order valence-electron chi connectivity index (χ0n) is 27.5. The highest BCUT2D eigenvalue weighted by Crippen LogP contribution is 2.40. The molecular formula is C32H48N4O8. The molecule has 12 nitrogen and oxygen atoms in total. The van der Waals surface area contributed by atoms with Crippen molar-refractivity contribution in [2.24, 2.45) is 5.92 Å². The number of ether oxygens (including phenoxy) is 3. The number of nitrogens with one attached hydrogen (secondary N) is 1. The molecule has 244 valence electrons. The number of rotatable bonds is 10. The molecule has 2 aliphatic rings. The van der Waals surface area contributed by atoms with Gasteiger partial charge in [-0.1, -0.05) is 20.8 Å². The first kappa shape index (κ1) is 34.7. The van der Waals surface area contributed by atoms with Gasteiger partial charge in [0.15, 0.2) is 5.60 Å². The van der Waals surface area contributed by atoms with Crippen LogP contribution in [0.25, 0.3) is 0 Å². The van der Waals surface area contributed by atoms with Crippen molar-refractivity contribution >= 4 is 35.5 Å². The van der Waals surface area contributed by atoms with E-state index in [0.29, 0.717) is 48.4 Å². The lowest BCUT2D eigenvalue weighted by atomic mass is 9.97. The summed E-state index contributed by atoms with van der Waals surface area (Å²) < 4.78 is 16.6. The fourth-order valence-corrected chi connectivity index (χ4v) is 5.45. The van der Waals surface area contributed by atoms with E-state index >= 15 is 0 Å². The van der Waals surface area contributed by atoms with Crippen LogP contribution in [0.3, 0.4) is 0 Å². The van der Waals surface area contributed by atoms with Crippen LogP contribution in [0.15, 0.2) is 12.1 Å². The zero-order chi connectivity index (χ0) is 32.9. The predicted octanol–water partition coefficient (Wildman–Crippen LogP) is 4.02. The lowest BCUT2D eigenvalue weighted by Gasteiger charge is -2.42. The number of nitrogens with zero attached hydrogens (tertiary/aromatic N) is 3. The van der Waals surface area contributed by atoms with E-state index < -0.39 is 24.0 Å². The summed E-state index contributed by atoms with van der Waals surface area (Å²) in [6.07, 6.45) is 0.0436. The van der Waals surface area contributed by atoms with Gasteiger partial charge in [0.1, 0.15) is 5.75 Å². The van der Waals surface area contributed by atoms with E-state index in [1.54, 1.807) is 56.6 Å². The van der Waals surface area contributed by atoms with Gasteiger partial charge in [-0.25, -0.2) is 4.79 Å². The molecule has 0 spiro atoms. The molecule has 0 aromatic heterocycles.